The Kier molecular flexibility index (Phi) is 4.28. The van der Waals surface area contributed by atoms with E-state index in [0.717, 1.165) is 52.9 Å². The number of nitrogens with one attached hydrogen (secondary N) is 1. The molecule has 0 amide bonds. The maximum atomic E-state index is 5.99. The smallest absolute Gasteiger partial charge is 0.231 e. The molecular weight excluding hydrogens is 328 g/mol. The van der Waals surface area contributed by atoms with Gasteiger partial charge >= 0.3 is 0 Å². The van der Waals surface area contributed by atoms with Crippen molar-refractivity contribution < 1.29 is 14.3 Å². The van der Waals surface area contributed by atoms with Gasteiger partial charge in [-0.2, -0.15) is 0 Å². The van der Waals surface area contributed by atoms with Crippen molar-refractivity contribution in [3.8, 4) is 11.5 Å². The predicted molar refractivity (Wildman–Crippen MR) is 91.8 cm³/mol. The molecule has 1 atom stereocenters. The first-order chi connectivity index (χ1) is 11.8. The summed E-state index contributed by atoms with van der Waals surface area (Å²) in [7, 11) is 0. The molecule has 0 fully saturated rings. The lowest BCUT2D eigenvalue weighted by Gasteiger charge is -2.10. The molecule has 2 aliphatic heterocycles. The van der Waals surface area contributed by atoms with Crippen LogP contribution in [-0.4, -0.2) is 25.2 Å². The van der Waals surface area contributed by atoms with E-state index in [1.807, 2.05) is 42.5 Å². The predicted octanol–water partition coefficient (Wildman–Crippen LogP) is 3.35. The van der Waals surface area contributed by atoms with Gasteiger partial charge in [0.15, 0.2) is 11.5 Å². The van der Waals surface area contributed by atoms with Gasteiger partial charge in [-0.3, -0.25) is 0 Å². The standard InChI is InChI=1S/C18H17ClN2O3/c19-14-3-1-2-12(6-14)9-20-10-15-8-16(21-24-15)13-4-5-17-18(7-13)23-11-22-17/h1-7,15,20H,8-11H2/t15-/m0/s1. The van der Waals surface area contributed by atoms with Crippen molar-refractivity contribution in [3.05, 3.63) is 58.6 Å². The largest absolute Gasteiger partial charge is 0.454 e. The van der Waals surface area contributed by atoms with Crippen LogP contribution in [0.3, 0.4) is 0 Å². The Bertz CT molecular complexity index is 779. The Morgan fingerprint density at radius 1 is 1.12 bits per heavy atom. The summed E-state index contributed by atoms with van der Waals surface area (Å²) < 4.78 is 10.7. The van der Waals surface area contributed by atoms with Gasteiger partial charge in [0.2, 0.25) is 6.79 Å². The van der Waals surface area contributed by atoms with Crippen LogP contribution in [0.15, 0.2) is 47.6 Å². The summed E-state index contributed by atoms with van der Waals surface area (Å²) >= 11 is 5.99. The number of benzene rings is 2. The fraction of sp³-hybridized carbons (Fsp3) is 0.278. The van der Waals surface area contributed by atoms with E-state index in [9.17, 15) is 0 Å². The number of hydrogen-bond acceptors (Lipinski definition) is 5. The van der Waals surface area contributed by atoms with Gasteiger partial charge < -0.3 is 19.6 Å². The van der Waals surface area contributed by atoms with Gasteiger partial charge in [-0.25, -0.2) is 0 Å². The van der Waals surface area contributed by atoms with E-state index in [-0.39, 0.29) is 12.9 Å². The van der Waals surface area contributed by atoms with Gasteiger partial charge in [-0.05, 0) is 35.9 Å². The second kappa shape index (κ2) is 6.71. The second-order valence-corrected chi connectivity index (χ2v) is 6.23. The average molecular weight is 345 g/mol. The Balaban J connectivity index is 1.30. The van der Waals surface area contributed by atoms with Crippen LogP contribution in [0.4, 0.5) is 0 Å². The highest BCUT2D eigenvalue weighted by atomic mass is 35.5. The van der Waals surface area contributed by atoms with Crippen molar-refractivity contribution in [3.63, 3.8) is 0 Å². The average Bonchev–Trinajstić information content (AvgIpc) is 3.23. The molecule has 2 aromatic carbocycles. The normalized spacial score (nSPS) is 18.4. The molecule has 0 radical (unpaired) electrons. The molecule has 1 N–H and O–H groups in total. The summed E-state index contributed by atoms with van der Waals surface area (Å²) in [5, 5.41) is 8.34. The minimum Gasteiger partial charge on any atom is -0.454 e. The monoisotopic (exact) mass is 344 g/mol. The fourth-order valence-corrected chi connectivity index (χ4v) is 3.02. The van der Waals surface area contributed by atoms with E-state index >= 15 is 0 Å². The molecular formula is C18H17ClN2O3. The summed E-state index contributed by atoms with van der Waals surface area (Å²) in [5.41, 5.74) is 3.09. The van der Waals surface area contributed by atoms with Gasteiger partial charge in [0.05, 0.1) is 5.71 Å². The number of oxime groups is 1. The van der Waals surface area contributed by atoms with Gasteiger partial charge in [0, 0.05) is 30.1 Å². The van der Waals surface area contributed by atoms with E-state index in [2.05, 4.69) is 10.5 Å². The summed E-state index contributed by atoms with van der Waals surface area (Å²) in [6, 6.07) is 13.7. The van der Waals surface area contributed by atoms with Crippen LogP contribution in [0.1, 0.15) is 17.5 Å². The third-order valence-corrected chi connectivity index (χ3v) is 4.26. The zero-order chi connectivity index (χ0) is 16.4. The summed E-state index contributed by atoms with van der Waals surface area (Å²) in [6.07, 6.45) is 0.798. The van der Waals surface area contributed by atoms with Crippen molar-refractivity contribution in [2.24, 2.45) is 5.16 Å². The van der Waals surface area contributed by atoms with Gasteiger partial charge in [-0.1, -0.05) is 28.9 Å². The van der Waals surface area contributed by atoms with Gasteiger partial charge in [-0.15, -0.1) is 0 Å². The Hall–Kier alpha value is -2.24. The lowest BCUT2D eigenvalue weighted by molar-refractivity contribution is 0.0848. The first-order valence-corrected chi connectivity index (χ1v) is 8.23. The molecule has 5 nitrogen and oxygen atoms in total. The second-order valence-electron chi connectivity index (χ2n) is 5.80. The third-order valence-electron chi connectivity index (χ3n) is 4.03. The van der Waals surface area contributed by atoms with Crippen molar-refractivity contribution in [2.75, 3.05) is 13.3 Å². The molecule has 0 bridgehead atoms. The number of ether oxygens (including phenoxy) is 2. The lowest BCUT2D eigenvalue weighted by Crippen LogP contribution is -2.26. The molecule has 0 aromatic heterocycles. The highest BCUT2D eigenvalue weighted by Gasteiger charge is 2.23. The minimum absolute atomic E-state index is 0.0320. The zero-order valence-corrected chi connectivity index (χ0v) is 13.8. The first-order valence-electron chi connectivity index (χ1n) is 7.86. The maximum absolute atomic E-state index is 5.99. The SMILES string of the molecule is Clc1cccc(CNC[C@@H]2CC(c3ccc4c(c3)OCO4)=NO2)c1. The van der Waals surface area contributed by atoms with Crippen LogP contribution in [0.5, 0.6) is 11.5 Å². The zero-order valence-electron chi connectivity index (χ0n) is 13.0. The van der Waals surface area contributed by atoms with Crippen LogP contribution in [-0.2, 0) is 11.4 Å². The molecule has 2 aliphatic rings. The van der Waals surface area contributed by atoms with Crippen molar-refractivity contribution in [1.29, 1.82) is 0 Å². The minimum atomic E-state index is 0.0320. The Labute approximate surface area is 145 Å². The molecule has 0 saturated carbocycles. The third kappa shape index (κ3) is 3.32. The molecule has 0 spiro atoms. The molecule has 0 aliphatic carbocycles. The molecule has 4 rings (SSSR count). The van der Waals surface area contributed by atoms with Crippen LogP contribution in [0.2, 0.25) is 5.02 Å². The molecule has 24 heavy (non-hydrogen) atoms. The van der Waals surface area contributed by atoms with E-state index in [1.54, 1.807) is 0 Å². The number of nitrogens with zero attached hydrogens (tertiary/aromatic N) is 1. The van der Waals surface area contributed by atoms with Gasteiger partial charge in [0.25, 0.3) is 0 Å². The van der Waals surface area contributed by atoms with Crippen molar-refractivity contribution >= 4 is 17.3 Å². The summed E-state index contributed by atoms with van der Waals surface area (Å²) in [6.45, 7) is 1.75. The highest BCUT2D eigenvalue weighted by molar-refractivity contribution is 6.30. The maximum Gasteiger partial charge on any atom is 0.231 e. The fourth-order valence-electron chi connectivity index (χ4n) is 2.81. The Morgan fingerprint density at radius 2 is 2.04 bits per heavy atom. The number of hydrogen-bond donors (Lipinski definition) is 1. The number of halogens is 1. The van der Waals surface area contributed by atoms with E-state index in [1.165, 1.54) is 0 Å². The molecule has 124 valence electrons. The van der Waals surface area contributed by atoms with E-state index in [4.69, 9.17) is 25.9 Å². The molecule has 2 heterocycles. The molecule has 6 heteroatoms. The molecule has 2 aromatic rings. The van der Waals surface area contributed by atoms with Crippen LogP contribution >= 0.6 is 11.6 Å². The van der Waals surface area contributed by atoms with Crippen LogP contribution in [0, 0.1) is 0 Å². The van der Waals surface area contributed by atoms with Crippen LogP contribution < -0.4 is 14.8 Å². The van der Waals surface area contributed by atoms with Gasteiger partial charge in [0.1, 0.15) is 6.10 Å². The highest BCUT2D eigenvalue weighted by Crippen LogP contribution is 2.33. The number of fused-ring (bicyclic) bond motifs is 1. The Morgan fingerprint density at radius 3 is 2.96 bits per heavy atom. The quantitative estimate of drug-likeness (QED) is 0.903. The van der Waals surface area contributed by atoms with Crippen LogP contribution in [0.25, 0.3) is 0 Å². The summed E-state index contributed by atoms with van der Waals surface area (Å²) in [4.78, 5) is 5.53. The molecule has 0 saturated heterocycles. The van der Waals surface area contributed by atoms with Crippen molar-refractivity contribution in [2.45, 2.75) is 19.1 Å². The number of rotatable bonds is 5. The molecule has 0 unspecified atom stereocenters. The van der Waals surface area contributed by atoms with E-state index in [0.29, 0.717) is 0 Å². The first kappa shape index (κ1) is 15.3. The van der Waals surface area contributed by atoms with Crippen molar-refractivity contribution in [1.82, 2.24) is 5.32 Å². The summed E-state index contributed by atoms with van der Waals surface area (Å²) in [5.74, 6) is 1.54. The van der Waals surface area contributed by atoms with E-state index < -0.39 is 0 Å². The lowest BCUT2D eigenvalue weighted by atomic mass is 10.0. The topological polar surface area (TPSA) is 52.1 Å².